The molecule has 146 valence electrons. The minimum absolute atomic E-state index is 0.0623. The molecule has 0 saturated carbocycles. The lowest BCUT2D eigenvalue weighted by molar-refractivity contribution is -0.143. The molecule has 28 heavy (non-hydrogen) atoms. The fourth-order valence-corrected chi connectivity index (χ4v) is 3.86. The van der Waals surface area contributed by atoms with Gasteiger partial charge in [-0.25, -0.2) is 4.79 Å². The second-order valence-electron chi connectivity index (χ2n) is 7.25. The SMILES string of the molecule is O=C(O)c1ccc2c(c1)OC[C@H](c1ccccc1)N(C(=O)[C@H]1CCCOC1)C2. The summed E-state index contributed by atoms with van der Waals surface area (Å²) in [6.07, 6.45) is 1.71. The molecule has 2 heterocycles. The quantitative estimate of drug-likeness (QED) is 0.883. The first-order chi connectivity index (χ1) is 13.6. The number of carboxylic acids is 1. The molecule has 2 aromatic carbocycles. The first kappa shape index (κ1) is 18.5. The molecule has 6 heteroatoms. The monoisotopic (exact) mass is 381 g/mol. The van der Waals surface area contributed by atoms with Crippen molar-refractivity contribution in [3.8, 4) is 5.75 Å². The van der Waals surface area contributed by atoms with E-state index in [2.05, 4.69) is 0 Å². The van der Waals surface area contributed by atoms with Gasteiger partial charge < -0.3 is 19.5 Å². The molecule has 2 aliphatic rings. The second kappa shape index (κ2) is 8.02. The summed E-state index contributed by atoms with van der Waals surface area (Å²) in [5.74, 6) is -0.564. The zero-order valence-electron chi connectivity index (χ0n) is 15.5. The van der Waals surface area contributed by atoms with Gasteiger partial charge in [-0.1, -0.05) is 36.4 Å². The van der Waals surface area contributed by atoms with Crippen molar-refractivity contribution < 1.29 is 24.2 Å². The van der Waals surface area contributed by atoms with Crippen molar-refractivity contribution in [1.29, 1.82) is 0 Å². The fourth-order valence-electron chi connectivity index (χ4n) is 3.86. The second-order valence-corrected chi connectivity index (χ2v) is 7.25. The highest BCUT2D eigenvalue weighted by Crippen LogP contribution is 2.34. The number of hydrogen-bond acceptors (Lipinski definition) is 4. The van der Waals surface area contributed by atoms with Crippen molar-refractivity contribution in [3.05, 3.63) is 65.2 Å². The van der Waals surface area contributed by atoms with Crippen LogP contribution in [-0.2, 0) is 16.1 Å². The van der Waals surface area contributed by atoms with E-state index in [1.54, 1.807) is 12.1 Å². The molecule has 1 amide bonds. The maximum absolute atomic E-state index is 13.4. The van der Waals surface area contributed by atoms with Gasteiger partial charge in [0, 0.05) is 12.2 Å². The third-order valence-electron chi connectivity index (χ3n) is 5.40. The number of ether oxygens (including phenoxy) is 2. The van der Waals surface area contributed by atoms with E-state index in [1.165, 1.54) is 6.07 Å². The van der Waals surface area contributed by atoms with Crippen LogP contribution >= 0.6 is 0 Å². The first-order valence-corrected chi connectivity index (χ1v) is 9.55. The Bertz CT molecular complexity index is 860. The molecule has 6 nitrogen and oxygen atoms in total. The standard InChI is InChI=1S/C22H23NO5/c24-21(18-7-4-10-27-13-18)23-12-17-9-8-16(22(25)26)11-20(17)28-14-19(23)15-5-2-1-3-6-15/h1-3,5-6,8-9,11,18-19H,4,7,10,12-14H2,(H,25,26)/t18-,19+/m0/s1. The van der Waals surface area contributed by atoms with Crippen molar-refractivity contribution >= 4 is 11.9 Å². The molecule has 1 N–H and O–H groups in total. The number of hydrogen-bond donors (Lipinski definition) is 1. The Morgan fingerprint density at radius 1 is 1.07 bits per heavy atom. The van der Waals surface area contributed by atoms with Gasteiger partial charge >= 0.3 is 5.97 Å². The van der Waals surface area contributed by atoms with Crippen molar-refractivity contribution in [1.82, 2.24) is 4.90 Å². The van der Waals surface area contributed by atoms with Gasteiger partial charge in [-0.15, -0.1) is 0 Å². The van der Waals surface area contributed by atoms with Gasteiger partial charge in [0.15, 0.2) is 0 Å². The number of carboxylic acid groups (broad SMARTS) is 1. The molecule has 2 atom stereocenters. The lowest BCUT2D eigenvalue weighted by Crippen LogP contribution is -2.42. The Morgan fingerprint density at radius 2 is 1.89 bits per heavy atom. The van der Waals surface area contributed by atoms with Crippen molar-refractivity contribution in [3.63, 3.8) is 0 Å². The molecule has 0 spiro atoms. The number of rotatable bonds is 3. The topological polar surface area (TPSA) is 76.1 Å². The summed E-state index contributed by atoms with van der Waals surface area (Å²) in [6.45, 7) is 1.81. The molecule has 2 aliphatic heterocycles. The van der Waals surface area contributed by atoms with Crippen LogP contribution < -0.4 is 4.74 Å². The van der Waals surface area contributed by atoms with Crippen LogP contribution in [0.4, 0.5) is 0 Å². The summed E-state index contributed by atoms with van der Waals surface area (Å²) in [7, 11) is 0. The van der Waals surface area contributed by atoms with Gasteiger partial charge in [0.05, 0.1) is 30.7 Å². The van der Waals surface area contributed by atoms with Crippen LogP contribution in [0, 0.1) is 5.92 Å². The number of fused-ring (bicyclic) bond motifs is 1. The van der Waals surface area contributed by atoms with Crippen molar-refractivity contribution in [2.24, 2.45) is 5.92 Å². The van der Waals surface area contributed by atoms with Gasteiger partial charge in [0.2, 0.25) is 5.91 Å². The van der Waals surface area contributed by atoms with Crippen LogP contribution in [0.3, 0.4) is 0 Å². The predicted molar refractivity (Wildman–Crippen MR) is 102 cm³/mol. The number of carbonyl (C=O) groups is 2. The van der Waals surface area contributed by atoms with Gasteiger partial charge in [-0.2, -0.15) is 0 Å². The van der Waals surface area contributed by atoms with E-state index in [4.69, 9.17) is 9.47 Å². The fraction of sp³-hybridized carbons (Fsp3) is 0.364. The maximum Gasteiger partial charge on any atom is 0.335 e. The molecule has 0 aliphatic carbocycles. The summed E-state index contributed by atoms with van der Waals surface area (Å²) in [5, 5.41) is 9.26. The Labute approximate surface area is 163 Å². The molecule has 2 aromatic rings. The van der Waals surface area contributed by atoms with E-state index in [1.807, 2.05) is 35.2 Å². The van der Waals surface area contributed by atoms with Crippen LogP contribution in [0.2, 0.25) is 0 Å². The molecule has 4 rings (SSSR count). The molecule has 0 unspecified atom stereocenters. The number of amides is 1. The van der Waals surface area contributed by atoms with Gasteiger partial charge in [-0.05, 0) is 30.5 Å². The minimum Gasteiger partial charge on any atom is -0.491 e. The molecule has 0 aromatic heterocycles. The highest BCUT2D eigenvalue weighted by atomic mass is 16.5. The van der Waals surface area contributed by atoms with E-state index >= 15 is 0 Å². The van der Waals surface area contributed by atoms with Crippen LogP contribution in [0.25, 0.3) is 0 Å². The van der Waals surface area contributed by atoms with Crippen molar-refractivity contribution in [2.75, 3.05) is 19.8 Å². The number of aromatic carboxylic acids is 1. The zero-order valence-corrected chi connectivity index (χ0v) is 15.5. The molecule has 0 radical (unpaired) electrons. The summed E-state index contributed by atoms with van der Waals surface area (Å²) in [5.41, 5.74) is 1.99. The average Bonchev–Trinajstić information content (AvgIpc) is 2.93. The van der Waals surface area contributed by atoms with Crippen LogP contribution in [-0.4, -0.2) is 41.7 Å². The molecular weight excluding hydrogens is 358 g/mol. The van der Waals surface area contributed by atoms with Crippen LogP contribution in [0.1, 0.15) is 40.4 Å². The van der Waals surface area contributed by atoms with E-state index in [0.29, 0.717) is 25.5 Å². The molecule has 1 fully saturated rings. The van der Waals surface area contributed by atoms with E-state index in [9.17, 15) is 14.7 Å². The predicted octanol–water partition coefficient (Wildman–Crippen LogP) is 3.27. The smallest absolute Gasteiger partial charge is 0.335 e. The lowest BCUT2D eigenvalue weighted by Gasteiger charge is -2.34. The number of carbonyl (C=O) groups excluding carboxylic acids is 1. The maximum atomic E-state index is 13.4. The minimum atomic E-state index is -0.998. The van der Waals surface area contributed by atoms with Gasteiger partial charge in [0.25, 0.3) is 0 Å². The van der Waals surface area contributed by atoms with Crippen LogP contribution in [0.15, 0.2) is 48.5 Å². The summed E-state index contributed by atoms with van der Waals surface area (Å²) < 4.78 is 11.5. The highest BCUT2D eigenvalue weighted by Gasteiger charge is 2.34. The Kier molecular flexibility index (Phi) is 5.30. The lowest BCUT2D eigenvalue weighted by atomic mass is 9.97. The zero-order chi connectivity index (χ0) is 19.5. The van der Waals surface area contributed by atoms with Gasteiger partial charge in [-0.3, -0.25) is 4.79 Å². The largest absolute Gasteiger partial charge is 0.491 e. The highest BCUT2D eigenvalue weighted by molar-refractivity contribution is 5.88. The first-order valence-electron chi connectivity index (χ1n) is 9.55. The van der Waals surface area contributed by atoms with Gasteiger partial charge in [0.1, 0.15) is 12.4 Å². The summed E-state index contributed by atoms with van der Waals surface area (Å²) in [4.78, 5) is 26.5. The third kappa shape index (κ3) is 3.73. The van der Waals surface area contributed by atoms with E-state index < -0.39 is 5.97 Å². The Balaban J connectivity index is 1.69. The van der Waals surface area contributed by atoms with Crippen LogP contribution in [0.5, 0.6) is 5.75 Å². The molecular formula is C22H23NO5. The average molecular weight is 381 g/mol. The molecule has 0 bridgehead atoms. The molecule has 1 saturated heterocycles. The third-order valence-corrected chi connectivity index (χ3v) is 5.40. The van der Waals surface area contributed by atoms with Crippen molar-refractivity contribution in [2.45, 2.75) is 25.4 Å². The number of nitrogens with zero attached hydrogens (tertiary/aromatic N) is 1. The number of benzene rings is 2. The van der Waals surface area contributed by atoms with E-state index in [0.717, 1.165) is 24.0 Å². The normalized spacial score (nSPS) is 21.9. The Morgan fingerprint density at radius 3 is 2.61 bits per heavy atom. The van der Waals surface area contributed by atoms with E-state index in [-0.39, 0.29) is 30.0 Å². The summed E-state index contributed by atoms with van der Waals surface area (Å²) >= 11 is 0. The summed E-state index contributed by atoms with van der Waals surface area (Å²) in [6, 6.07) is 14.4. The Hall–Kier alpha value is -2.86.